The van der Waals surface area contributed by atoms with Gasteiger partial charge in [0.2, 0.25) is 0 Å². The number of aliphatic hydroxyl groups is 1. The molecule has 1 aromatic carbocycles. The largest absolute Gasteiger partial charge is 0.503 e. The molecule has 6 nitrogen and oxygen atoms in total. The first-order valence-corrected chi connectivity index (χ1v) is 9.91. The Morgan fingerprint density at radius 1 is 1.33 bits per heavy atom. The Morgan fingerprint density at radius 3 is 2.85 bits per heavy atom. The monoisotopic (exact) mass is 425 g/mol. The maximum absolute atomic E-state index is 12.3. The molecule has 0 saturated carbocycles. The molecule has 0 unspecified atom stereocenters. The van der Waals surface area contributed by atoms with E-state index in [1.54, 1.807) is 18.3 Å². The summed E-state index contributed by atoms with van der Waals surface area (Å²) >= 11 is 13.3. The minimum absolute atomic E-state index is 0.0723. The molecule has 27 heavy (non-hydrogen) atoms. The number of carbonyl (C=O) groups is 2. The van der Waals surface area contributed by atoms with E-state index in [0.717, 1.165) is 17.0 Å². The number of benzene rings is 1. The summed E-state index contributed by atoms with van der Waals surface area (Å²) in [6.45, 7) is 0.758. The van der Waals surface area contributed by atoms with Crippen molar-refractivity contribution in [3.63, 3.8) is 0 Å². The highest BCUT2D eigenvalue weighted by atomic mass is 35.5. The summed E-state index contributed by atoms with van der Waals surface area (Å²) < 4.78 is 0. The third kappa shape index (κ3) is 4.80. The summed E-state index contributed by atoms with van der Waals surface area (Å²) in [7, 11) is 0. The molecule has 0 saturated heterocycles. The van der Waals surface area contributed by atoms with Crippen molar-refractivity contribution in [3.8, 4) is 0 Å². The van der Waals surface area contributed by atoms with Gasteiger partial charge in [-0.25, -0.2) is 4.98 Å². The van der Waals surface area contributed by atoms with E-state index in [4.69, 9.17) is 23.2 Å². The summed E-state index contributed by atoms with van der Waals surface area (Å²) in [6, 6.07) is 5.42. The minimum atomic E-state index is -0.550. The van der Waals surface area contributed by atoms with Crippen LogP contribution in [0.5, 0.6) is 0 Å². The number of amides is 2. The lowest BCUT2D eigenvalue weighted by Crippen LogP contribution is -2.30. The van der Waals surface area contributed by atoms with Gasteiger partial charge in [-0.3, -0.25) is 9.59 Å². The number of hydrogen-bond donors (Lipinski definition) is 2. The van der Waals surface area contributed by atoms with Gasteiger partial charge in [0.15, 0.2) is 5.76 Å². The average Bonchev–Trinajstić information content (AvgIpc) is 3.25. The van der Waals surface area contributed by atoms with Crippen LogP contribution in [0.25, 0.3) is 0 Å². The zero-order chi connectivity index (χ0) is 19.4. The molecule has 2 N–H and O–H groups in total. The van der Waals surface area contributed by atoms with Gasteiger partial charge in [-0.15, -0.1) is 11.3 Å². The molecule has 2 aromatic rings. The number of nitrogens with one attached hydrogen (secondary N) is 1. The molecule has 0 bridgehead atoms. The first-order chi connectivity index (χ1) is 13.0. The van der Waals surface area contributed by atoms with Gasteiger partial charge >= 0.3 is 0 Å². The lowest BCUT2D eigenvalue weighted by Gasteiger charge is -2.14. The summed E-state index contributed by atoms with van der Waals surface area (Å²) in [5.74, 6) is -1.48. The maximum atomic E-state index is 12.3. The maximum Gasteiger partial charge on any atom is 0.289 e. The second-order valence-electron chi connectivity index (χ2n) is 6.02. The van der Waals surface area contributed by atoms with Crippen molar-refractivity contribution in [1.82, 2.24) is 15.2 Å². The van der Waals surface area contributed by atoms with Gasteiger partial charge in [0.25, 0.3) is 11.8 Å². The van der Waals surface area contributed by atoms with Crippen LogP contribution < -0.4 is 5.32 Å². The van der Waals surface area contributed by atoms with Crippen LogP contribution in [-0.2, 0) is 22.6 Å². The molecular formula is C18H17Cl2N3O3S. The third-order valence-corrected chi connectivity index (χ3v) is 5.62. The normalized spacial score (nSPS) is 14.1. The highest BCUT2D eigenvalue weighted by molar-refractivity contribution is 7.09. The van der Waals surface area contributed by atoms with E-state index in [1.807, 2.05) is 11.4 Å². The Labute approximate surface area is 170 Å². The molecule has 3 rings (SSSR count). The van der Waals surface area contributed by atoms with Crippen LogP contribution >= 0.6 is 34.5 Å². The van der Waals surface area contributed by atoms with Crippen LogP contribution in [-0.4, -0.2) is 39.9 Å². The zero-order valence-electron chi connectivity index (χ0n) is 14.2. The molecule has 1 aromatic heterocycles. The molecule has 9 heteroatoms. The number of hydrogen-bond acceptors (Lipinski definition) is 5. The first-order valence-electron chi connectivity index (χ1n) is 8.27. The number of thiazole rings is 1. The molecule has 0 aliphatic carbocycles. The van der Waals surface area contributed by atoms with Crippen molar-refractivity contribution >= 4 is 46.4 Å². The zero-order valence-corrected chi connectivity index (χ0v) is 16.6. The molecule has 142 valence electrons. The highest BCUT2D eigenvalue weighted by Gasteiger charge is 2.34. The Morgan fingerprint density at radius 2 is 2.15 bits per heavy atom. The van der Waals surface area contributed by atoms with Gasteiger partial charge in [0.1, 0.15) is 5.01 Å². The second kappa shape index (κ2) is 8.73. The second-order valence-corrected chi connectivity index (χ2v) is 7.82. The number of aryl methyl sites for hydroxylation is 1. The van der Waals surface area contributed by atoms with Gasteiger partial charge in [0.05, 0.1) is 28.7 Å². The lowest BCUT2D eigenvalue weighted by molar-refractivity contribution is -0.128. The number of aromatic nitrogens is 1. The Bertz CT molecular complexity index is 884. The molecule has 0 fully saturated rings. The fraction of sp³-hybridized carbons (Fsp3) is 0.278. The summed E-state index contributed by atoms with van der Waals surface area (Å²) in [5, 5.41) is 16.3. The van der Waals surface area contributed by atoms with Gasteiger partial charge in [0, 0.05) is 18.1 Å². The van der Waals surface area contributed by atoms with E-state index >= 15 is 0 Å². The van der Waals surface area contributed by atoms with Gasteiger partial charge < -0.3 is 15.3 Å². The van der Waals surface area contributed by atoms with Crippen molar-refractivity contribution in [2.45, 2.75) is 19.4 Å². The Hall–Kier alpha value is -2.09. The molecule has 1 aliphatic heterocycles. The summed E-state index contributed by atoms with van der Waals surface area (Å²) in [4.78, 5) is 29.9. The minimum Gasteiger partial charge on any atom is -0.503 e. The SMILES string of the molecule is O=C(NCCCc1ccc(Cl)c(Cl)c1)C1=C(O)C(=O)N(Cc2nccs2)C1. The molecule has 0 radical (unpaired) electrons. The van der Waals surface area contributed by atoms with Crippen molar-refractivity contribution in [2.75, 3.05) is 13.1 Å². The van der Waals surface area contributed by atoms with Crippen LogP contribution in [0.3, 0.4) is 0 Å². The van der Waals surface area contributed by atoms with Crippen molar-refractivity contribution in [3.05, 3.63) is 61.7 Å². The van der Waals surface area contributed by atoms with Gasteiger partial charge in [-0.05, 0) is 30.5 Å². The predicted octanol–water partition coefficient (Wildman–Crippen LogP) is 3.35. The highest BCUT2D eigenvalue weighted by Crippen LogP contribution is 2.23. The topological polar surface area (TPSA) is 82.5 Å². The lowest BCUT2D eigenvalue weighted by atomic mass is 10.1. The van der Waals surface area contributed by atoms with Crippen LogP contribution in [0.2, 0.25) is 10.0 Å². The quantitative estimate of drug-likeness (QED) is 0.666. The van der Waals surface area contributed by atoms with Crippen LogP contribution in [0, 0.1) is 0 Å². The van der Waals surface area contributed by atoms with Crippen molar-refractivity contribution in [2.24, 2.45) is 0 Å². The van der Waals surface area contributed by atoms with E-state index in [1.165, 1.54) is 16.2 Å². The molecule has 2 heterocycles. The van der Waals surface area contributed by atoms with Crippen LogP contribution in [0.1, 0.15) is 17.0 Å². The fourth-order valence-electron chi connectivity index (χ4n) is 2.71. The molecular weight excluding hydrogens is 409 g/mol. The smallest absolute Gasteiger partial charge is 0.289 e. The molecule has 0 spiro atoms. The Balaban J connectivity index is 1.48. The van der Waals surface area contributed by atoms with Crippen molar-refractivity contribution < 1.29 is 14.7 Å². The summed E-state index contributed by atoms with van der Waals surface area (Å²) in [5.41, 5.74) is 1.11. The third-order valence-electron chi connectivity index (χ3n) is 4.12. The predicted molar refractivity (Wildman–Crippen MR) is 105 cm³/mol. The number of nitrogens with zero attached hydrogens (tertiary/aromatic N) is 2. The average molecular weight is 426 g/mol. The number of halogens is 2. The van der Waals surface area contributed by atoms with Gasteiger partial charge in [-0.1, -0.05) is 29.3 Å². The molecule has 1 aliphatic rings. The molecule has 0 atom stereocenters. The molecule has 2 amide bonds. The van der Waals surface area contributed by atoms with E-state index in [0.29, 0.717) is 23.0 Å². The van der Waals surface area contributed by atoms with Crippen LogP contribution in [0.15, 0.2) is 41.1 Å². The van der Waals surface area contributed by atoms with E-state index in [9.17, 15) is 14.7 Å². The van der Waals surface area contributed by atoms with Gasteiger partial charge in [-0.2, -0.15) is 0 Å². The van der Waals surface area contributed by atoms with Crippen molar-refractivity contribution in [1.29, 1.82) is 0 Å². The fourth-order valence-corrected chi connectivity index (χ4v) is 3.67. The first kappa shape index (κ1) is 19.7. The van der Waals surface area contributed by atoms with E-state index in [-0.39, 0.29) is 18.7 Å². The standard InChI is InChI=1S/C18H17Cl2N3O3S/c19-13-4-3-11(8-14(13)20)2-1-5-22-17(25)12-9-23(18(26)16(12)24)10-15-21-6-7-27-15/h3-4,6-8,24H,1-2,5,9-10H2,(H,22,25). The summed E-state index contributed by atoms with van der Waals surface area (Å²) in [6.07, 6.45) is 3.06. The number of rotatable bonds is 7. The van der Waals surface area contributed by atoms with E-state index < -0.39 is 17.6 Å². The number of aliphatic hydroxyl groups excluding tert-OH is 1. The number of carbonyl (C=O) groups excluding carboxylic acids is 2. The van der Waals surface area contributed by atoms with E-state index in [2.05, 4.69) is 10.3 Å². The Kier molecular flexibility index (Phi) is 6.36. The van der Waals surface area contributed by atoms with Crippen LogP contribution in [0.4, 0.5) is 0 Å².